The first-order chi connectivity index (χ1) is 14.1. The van der Waals surface area contributed by atoms with E-state index in [2.05, 4.69) is 9.88 Å². The van der Waals surface area contributed by atoms with Crippen molar-refractivity contribution in [3.05, 3.63) is 64.7 Å². The number of aromatic nitrogens is 1. The summed E-state index contributed by atoms with van der Waals surface area (Å²) >= 11 is 0. The Balaban J connectivity index is 1.41. The van der Waals surface area contributed by atoms with Crippen molar-refractivity contribution in [1.82, 2.24) is 9.88 Å². The van der Waals surface area contributed by atoms with Crippen molar-refractivity contribution in [1.29, 1.82) is 0 Å². The van der Waals surface area contributed by atoms with E-state index >= 15 is 0 Å². The van der Waals surface area contributed by atoms with Crippen LogP contribution in [-0.4, -0.2) is 48.3 Å². The number of aliphatic imine (C=N–C) groups is 1. The number of rotatable bonds is 7. The topological polar surface area (TPSA) is 54.8 Å². The highest BCUT2D eigenvalue weighted by Gasteiger charge is 2.25. The van der Waals surface area contributed by atoms with Gasteiger partial charge in [0.05, 0.1) is 13.2 Å². The number of ketones is 1. The van der Waals surface area contributed by atoms with Crippen molar-refractivity contribution in [2.45, 2.75) is 38.1 Å². The molecular weight excluding hydrogens is 369 g/mol. The average molecular weight is 395 g/mol. The highest BCUT2D eigenvalue weighted by molar-refractivity contribution is 6.02. The Morgan fingerprint density at radius 1 is 1.24 bits per heavy atom. The number of Topliss-reactive ketones (excluding diaryl/α,β-unsaturated/α-hetero) is 1. The van der Waals surface area contributed by atoms with Crippen LogP contribution in [0.15, 0.2) is 41.5 Å². The molecule has 1 aromatic heterocycles. The van der Waals surface area contributed by atoms with Gasteiger partial charge in [0, 0.05) is 56.4 Å². The molecule has 0 saturated carbocycles. The summed E-state index contributed by atoms with van der Waals surface area (Å²) in [5.74, 6) is 0.781. The van der Waals surface area contributed by atoms with Gasteiger partial charge in [-0.3, -0.25) is 14.8 Å². The van der Waals surface area contributed by atoms with Crippen molar-refractivity contribution in [2.24, 2.45) is 4.99 Å². The van der Waals surface area contributed by atoms with E-state index in [1.54, 1.807) is 19.2 Å². The van der Waals surface area contributed by atoms with Gasteiger partial charge in [-0.2, -0.15) is 0 Å². The van der Waals surface area contributed by atoms with Crippen LogP contribution in [0.4, 0.5) is 4.39 Å². The SMILES string of the molecule is COC[C@H](CC(=O)Cc1cc2c(cn1)C(N1CCCC1)=NC2)c1ccc(F)cc1. The van der Waals surface area contributed by atoms with Crippen LogP contribution in [-0.2, 0) is 22.5 Å². The number of benzene rings is 1. The third-order valence-corrected chi connectivity index (χ3v) is 5.65. The fourth-order valence-corrected chi connectivity index (χ4v) is 4.18. The molecule has 0 aliphatic carbocycles. The van der Waals surface area contributed by atoms with Crippen molar-refractivity contribution < 1.29 is 13.9 Å². The molecule has 2 aromatic rings. The molecule has 0 N–H and O–H groups in total. The van der Waals surface area contributed by atoms with Crippen molar-refractivity contribution in [3.8, 4) is 0 Å². The van der Waals surface area contributed by atoms with Crippen LogP contribution in [0, 0.1) is 5.82 Å². The summed E-state index contributed by atoms with van der Waals surface area (Å²) in [5.41, 5.74) is 3.94. The summed E-state index contributed by atoms with van der Waals surface area (Å²) < 4.78 is 18.5. The van der Waals surface area contributed by atoms with E-state index < -0.39 is 0 Å². The van der Waals surface area contributed by atoms with Crippen LogP contribution in [0.5, 0.6) is 0 Å². The quantitative estimate of drug-likeness (QED) is 0.720. The lowest BCUT2D eigenvalue weighted by molar-refractivity contribution is -0.119. The number of likely N-dealkylation sites (tertiary alicyclic amines) is 1. The maximum Gasteiger partial charge on any atom is 0.139 e. The predicted octanol–water partition coefficient (Wildman–Crippen LogP) is 3.51. The number of carbonyl (C=O) groups is 1. The van der Waals surface area contributed by atoms with Crippen molar-refractivity contribution in [3.63, 3.8) is 0 Å². The lowest BCUT2D eigenvalue weighted by Gasteiger charge is -2.18. The molecule has 1 saturated heterocycles. The van der Waals surface area contributed by atoms with Crippen LogP contribution in [0.3, 0.4) is 0 Å². The van der Waals surface area contributed by atoms with Crippen LogP contribution in [0.2, 0.25) is 0 Å². The first kappa shape index (κ1) is 19.7. The van der Waals surface area contributed by atoms with Crippen LogP contribution >= 0.6 is 0 Å². The van der Waals surface area contributed by atoms with E-state index in [0.29, 0.717) is 19.6 Å². The molecule has 29 heavy (non-hydrogen) atoms. The lowest BCUT2D eigenvalue weighted by atomic mass is 9.93. The minimum Gasteiger partial charge on any atom is -0.384 e. The number of amidine groups is 1. The first-order valence-corrected chi connectivity index (χ1v) is 10.2. The molecule has 4 rings (SSSR count). The van der Waals surface area contributed by atoms with Crippen LogP contribution < -0.4 is 0 Å². The molecular formula is C23H26FN3O2. The molecule has 0 amide bonds. The van der Waals surface area contributed by atoms with Gasteiger partial charge in [-0.05, 0) is 42.2 Å². The van der Waals surface area contributed by atoms with Gasteiger partial charge in [-0.25, -0.2) is 4.39 Å². The molecule has 6 heteroatoms. The molecule has 5 nitrogen and oxygen atoms in total. The van der Waals surface area contributed by atoms with Gasteiger partial charge in [0.1, 0.15) is 17.4 Å². The Morgan fingerprint density at radius 2 is 2.00 bits per heavy atom. The van der Waals surface area contributed by atoms with Crippen molar-refractivity contribution in [2.75, 3.05) is 26.8 Å². The summed E-state index contributed by atoms with van der Waals surface area (Å²) in [6.07, 6.45) is 4.92. The summed E-state index contributed by atoms with van der Waals surface area (Å²) in [6, 6.07) is 8.29. The molecule has 152 valence electrons. The Labute approximate surface area is 170 Å². The molecule has 2 aliphatic heterocycles. The van der Waals surface area contributed by atoms with Crippen LogP contribution in [0.1, 0.15) is 47.6 Å². The Hall–Kier alpha value is -2.60. The van der Waals surface area contributed by atoms with E-state index in [9.17, 15) is 9.18 Å². The fourth-order valence-electron chi connectivity index (χ4n) is 4.18. The molecule has 0 spiro atoms. The summed E-state index contributed by atoms with van der Waals surface area (Å²) in [5, 5.41) is 0. The summed E-state index contributed by atoms with van der Waals surface area (Å²) in [4.78, 5) is 24.3. The minimum atomic E-state index is -0.283. The lowest BCUT2D eigenvalue weighted by Crippen LogP contribution is -2.27. The average Bonchev–Trinajstić information content (AvgIpc) is 3.37. The van der Waals surface area contributed by atoms with Gasteiger partial charge in [-0.1, -0.05) is 12.1 Å². The van der Waals surface area contributed by atoms with E-state index in [-0.39, 0.29) is 23.9 Å². The number of nitrogens with zero attached hydrogens (tertiary/aromatic N) is 3. The highest BCUT2D eigenvalue weighted by Crippen LogP contribution is 2.25. The number of ether oxygens (including phenoxy) is 1. The van der Waals surface area contributed by atoms with E-state index in [0.717, 1.165) is 41.3 Å². The maximum absolute atomic E-state index is 13.2. The van der Waals surface area contributed by atoms with Gasteiger partial charge in [0.2, 0.25) is 0 Å². The second kappa shape index (κ2) is 8.82. The van der Waals surface area contributed by atoms with Gasteiger partial charge in [0.25, 0.3) is 0 Å². The smallest absolute Gasteiger partial charge is 0.139 e. The fraction of sp³-hybridized carbons (Fsp3) is 0.435. The molecule has 1 fully saturated rings. The molecule has 3 heterocycles. The normalized spacial score (nSPS) is 16.6. The molecule has 1 atom stereocenters. The second-order valence-electron chi connectivity index (χ2n) is 7.79. The third kappa shape index (κ3) is 4.53. The Kier molecular flexibility index (Phi) is 6.00. The number of hydrogen-bond donors (Lipinski definition) is 0. The summed E-state index contributed by atoms with van der Waals surface area (Å²) in [6.45, 7) is 3.19. The molecule has 0 bridgehead atoms. The van der Waals surface area contributed by atoms with Crippen molar-refractivity contribution >= 4 is 11.6 Å². The minimum absolute atomic E-state index is 0.0902. The zero-order valence-corrected chi connectivity index (χ0v) is 16.7. The zero-order valence-electron chi connectivity index (χ0n) is 16.7. The van der Waals surface area contributed by atoms with Gasteiger partial charge >= 0.3 is 0 Å². The largest absolute Gasteiger partial charge is 0.384 e. The monoisotopic (exact) mass is 395 g/mol. The molecule has 0 radical (unpaired) electrons. The number of carbonyl (C=O) groups excluding carboxylic acids is 1. The molecule has 2 aliphatic rings. The second-order valence-corrected chi connectivity index (χ2v) is 7.79. The summed E-state index contributed by atoms with van der Waals surface area (Å²) in [7, 11) is 1.61. The highest BCUT2D eigenvalue weighted by atomic mass is 19.1. The zero-order chi connectivity index (χ0) is 20.2. The molecule has 1 aromatic carbocycles. The number of halogens is 1. The first-order valence-electron chi connectivity index (χ1n) is 10.2. The van der Waals surface area contributed by atoms with Gasteiger partial charge in [-0.15, -0.1) is 0 Å². The van der Waals surface area contributed by atoms with Crippen LogP contribution in [0.25, 0.3) is 0 Å². The van der Waals surface area contributed by atoms with Gasteiger partial charge < -0.3 is 9.64 Å². The Bertz CT molecular complexity index is 905. The third-order valence-electron chi connectivity index (χ3n) is 5.65. The standard InChI is InChI=1S/C23H26FN3O2/c1-29-15-18(16-4-6-19(24)7-5-16)11-21(28)12-20-10-17-13-26-23(22(17)14-25-20)27-8-2-3-9-27/h4-7,10,14,18H,2-3,8-9,11-13,15H2,1H3/t18-/m0/s1. The predicted molar refractivity (Wildman–Crippen MR) is 110 cm³/mol. The number of pyridine rings is 1. The van der Waals surface area contributed by atoms with E-state index in [1.807, 2.05) is 12.3 Å². The Morgan fingerprint density at radius 3 is 2.72 bits per heavy atom. The maximum atomic E-state index is 13.2. The number of hydrogen-bond acceptors (Lipinski definition) is 5. The number of fused-ring (bicyclic) bond motifs is 1. The van der Waals surface area contributed by atoms with E-state index in [1.165, 1.54) is 25.0 Å². The van der Waals surface area contributed by atoms with Gasteiger partial charge in [0.15, 0.2) is 0 Å². The van der Waals surface area contributed by atoms with E-state index in [4.69, 9.17) is 9.73 Å². The molecule has 0 unspecified atom stereocenters. The number of methoxy groups -OCH3 is 1.